The molecule has 0 saturated carbocycles. The van der Waals surface area contributed by atoms with Crippen LogP contribution in [0.3, 0.4) is 0 Å². The monoisotopic (exact) mass is 615 g/mol. The van der Waals surface area contributed by atoms with Crippen molar-refractivity contribution in [2.75, 3.05) is 55.6 Å². The molecular weight excluding hydrogens is 585 g/mol. The Kier molecular flexibility index (Phi) is 9.40. The van der Waals surface area contributed by atoms with Crippen LogP contribution in [0.1, 0.15) is 41.9 Å². The van der Waals surface area contributed by atoms with E-state index in [1.54, 1.807) is 18.2 Å². The van der Waals surface area contributed by atoms with Crippen LogP contribution >= 0.6 is 24.0 Å². The number of likely N-dealkylation sites (N-methyl/N-ethyl adjacent to an activating group) is 1. The van der Waals surface area contributed by atoms with Crippen LogP contribution < -0.4 is 9.80 Å². The lowest BCUT2D eigenvalue weighted by atomic mass is 9.97. The number of piperazine rings is 1. The molecule has 0 bridgehead atoms. The van der Waals surface area contributed by atoms with Crippen molar-refractivity contribution in [1.29, 1.82) is 0 Å². The molecule has 0 spiro atoms. The lowest BCUT2D eigenvalue weighted by Crippen LogP contribution is -2.48. The third-order valence-electron chi connectivity index (χ3n) is 7.67. The van der Waals surface area contributed by atoms with Gasteiger partial charge in [0.25, 0.3) is 12.3 Å². The highest BCUT2D eigenvalue weighted by Gasteiger charge is 2.43. The zero-order valence-corrected chi connectivity index (χ0v) is 23.9. The van der Waals surface area contributed by atoms with Crippen molar-refractivity contribution in [3.8, 4) is 11.1 Å². The maximum Gasteiger partial charge on any atom is 0.339 e. The third kappa shape index (κ3) is 6.57. The first-order valence-electron chi connectivity index (χ1n) is 13.1. The minimum Gasteiger partial charge on any atom is -0.478 e. The molecule has 2 aliphatic rings. The van der Waals surface area contributed by atoms with Gasteiger partial charge in [0.1, 0.15) is 11.3 Å². The zero-order valence-electron chi connectivity index (χ0n) is 22.3. The van der Waals surface area contributed by atoms with Gasteiger partial charge in [0, 0.05) is 61.1 Å². The minimum absolute atomic E-state index is 0. The van der Waals surface area contributed by atoms with Crippen molar-refractivity contribution in [1.82, 2.24) is 14.7 Å². The molecule has 41 heavy (non-hydrogen) atoms. The molecule has 7 nitrogen and oxygen atoms in total. The average molecular weight is 616 g/mol. The summed E-state index contributed by atoms with van der Waals surface area (Å²) in [5, 5.41) is 13.5. The Hall–Kier alpha value is -3.02. The fourth-order valence-electron chi connectivity index (χ4n) is 5.65. The minimum atomic E-state index is -3.25. The van der Waals surface area contributed by atoms with E-state index in [0.29, 0.717) is 16.3 Å². The molecule has 0 amide bonds. The number of carboxylic acid groups (broad SMARTS) is 1. The predicted octanol–water partition coefficient (Wildman–Crippen LogP) is 6.49. The number of alkyl halides is 4. The van der Waals surface area contributed by atoms with Crippen LogP contribution in [0.4, 0.5) is 28.9 Å². The predicted molar refractivity (Wildman–Crippen MR) is 153 cm³/mol. The van der Waals surface area contributed by atoms with Crippen LogP contribution in [0.5, 0.6) is 0 Å². The molecular formula is C28H31Cl2F4N5O2. The Balaban J connectivity index is 0.00000387. The van der Waals surface area contributed by atoms with E-state index in [1.165, 1.54) is 4.90 Å². The molecule has 1 aromatic heterocycles. The van der Waals surface area contributed by atoms with E-state index < -0.39 is 48.6 Å². The summed E-state index contributed by atoms with van der Waals surface area (Å²) < 4.78 is 58.6. The number of anilines is 2. The second-order valence-electron chi connectivity index (χ2n) is 10.2. The van der Waals surface area contributed by atoms with Gasteiger partial charge in [-0.15, -0.1) is 12.4 Å². The largest absolute Gasteiger partial charge is 0.478 e. The average Bonchev–Trinajstić information content (AvgIpc) is 3.39. The Labute approximate surface area is 246 Å². The fraction of sp³-hybridized carbons (Fsp3) is 0.429. The second kappa shape index (κ2) is 12.5. The molecule has 0 radical (unpaired) electrons. The summed E-state index contributed by atoms with van der Waals surface area (Å²) >= 11 is 6.30. The zero-order chi connectivity index (χ0) is 28.6. The quantitative estimate of drug-likeness (QED) is 0.307. The summed E-state index contributed by atoms with van der Waals surface area (Å²) in [5.41, 5.74) is 1.40. The van der Waals surface area contributed by atoms with Crippen LogP contribution in [-0.2, 0) is 0 Å². The van der Waals surface area contributed by atoms with Crippen LogP contribution in [0.2, 0.25) is 5.02 Å². The summed E-state index contributed by atoms with van der Waals surface area (Å²) in [6, 6.07) is 11.7. The topological polar surface area (TPSA) is 64.8 Å². The van der Waals surface area contributed by atoms with E-state index in [1.807, 2.05) is 24.3 Å². The molecule has 2 saturated heterocycles. The lowest BCUT2D eigenvalue weighted by molar-refractivity contribution is -0.0298. The van der Waals surface area contributed by atoms with Crippen molar-refractivity contribution in [2.45, 2.75) is 31.7 Å². The molecule has 5 rings (SSSR count). The maximum absolute atomic E-state index is 15.1. The first kappa shape index (κ1) is 30.9. The van der Waals surface area contributed by atoms with E-state index in [4.69, 9.17) is 11.6 Å². The van der Waals surface area contributed by atoms with E-state index in [9.17, 15) is 18.7 Å². The number of aromatic carboxylic acids is 1. The van der Waals surface area contributed by atoms with E-state index in [-0.39, 0.29) is 19.0 Å². The molecule has 3 heterocycles. The van der Waals surface area contributed by atoms with Crippen LogP contribution in [0, 0.1) is 0 Å². The molecule has 0 aliphatic carbocycles. The summed E-state index contributed by atoms with van der Waals surface area (Å²) in [7, 11) is 0. The molecule has 1 N–H and O–H groups in total. The first-order chi connectivity index (χ1) is 19.1. The number of carbonyl (C=O) groups is 1. The SMILES string of the molecule is CCN1CCN(c2ccc(-c3ccc(Cl)cc3N3CC(n4ncc(C(=O)O)c4C(F)F)CC(F)(F)C3)cc2)CC1.Cl. The third-order valence-corrected chi connectivity index (χ3v) is 7.90. The lowest BCUT2D eigenvalue weighted by Gasteiger charge is -2.40. The molecule has 1 atom stereocenters. The highest BCUT2D eigenvalue weighted by Crippen LogP contribution is 2.42. The fourth-order valence-corrected chi connectivity index (χ4v) is 5.82. The van der Waals surface area contributed by atoms with Gasteiger partial charge in [-0.3, -0.25) is 4.68 Å². The highest BCUT2D eigenvalue weighted by atomic mass is 35.5. The van der Waals surface area contributed by atoms with E-state index in [2.05, 4.69) is 21.8 Å². The van der Waals surface area contributed by atoms with E-state index in [0.717, 1.165) is 54.9 Å². The van der Waals surface area contributed by atoms with Gasteiger partial charge >= 0.3 is 5.97 Å². The van der Waals surface area contributed by atoms with Gasteiger partial charge in [-0.05, 0) is 36.4 Å². The van der Waals surface area contributed by atoms with Crippen LogP contribution in [-0.4, -0.2) is 77.5 Å². The Morgan fingerprint density at radius 3 is 2.39 bits per heavy atom. The van der Waals surface area contributed by atoms with Crippen LogP contribution in [0.25, 0.3) is 11.1 Å². The second-order valence-corrected chi connectivity index (χ2v) is 10.7. The first-order valence-corrected chi connectivity index (χ1v) is 13.5. The summed E-state index contributed by atoms with van der Waals surface area (Å²) in [6.07, 6.45) is -3.15. The van der Waals surface area contributed by atoms with Crippen molar-refractivity contribution in [3.63, 3.8) is 0 Å². The highest BCUT2D eigenvalue weighted by molar-refractivity contribution is 6.31. The van der Waals surface area contributed by atoms with Gasteiger partial charge in [0.2, 0.25) is 0 Å². The molecule has 3 aromatic rings. The van der Waals surface area contributed by atoms with Crippen molar-refractivity contribution in [2.24, 2.45) is 0 Å². The van der Waals surface area contributed by atoms with Gasteiger partial charge in [0.15, 0.2) is 0 Å². The number of aromatic nitrogens is 2. The summed E-state index contributed by atoms with van der Waals surface area (Å²) in [5.74, 6) is -4.84. The number of hydrogen-bond donors (Lipinski definition) is 1. The maximum atomic E-state index is 15.1. The smallest absolute Gasteiger partial charge is 0.339 e. The Morgan fingerprint density at radius 2 is 1.78 bits per heavy atom. The van der Waals surface area contributed by atoms with Gasteiger partial charge in [-0.25, -0.2) is 22.4 Å². The van der Waals surface area contributed by atoms with Crippen LogP contribution in [0.15, 0.2) is 48.7 Å². The normalized spacial score (nSPS) is 19.3. The molecule has 222 valence electrons. The van der Waals surface area contributed by atoms with Crippen molar-refractivity contribution in [3.05, 3.63) is 64.9 Å². The molecule has 2 aliphatic heterocycles. The van der Waals surface area contributed by atoms with E-state index >= 15 is 8.78 Å². The van der Waals surface area contributed by atoms with Gasteiger partial charge in [0.05, 0.1) is 18.8 Å². The van der Waals surface area contributed by atoms with Crippen molar-refractivity contribution < 1.29 is 27.5 Å². The Bertz CT molecular complexity index is 1360. The van der Waals surface area contributed by atoms with Gasteiger partial charge in [-0.1, -0.05) is 36.7 Å². The number of piperidine rings is 1. The number of nitrogens with zero attached hydrogens (tertiary/aromatic N) is 5. The summed E-state index contributed by atoms with van der Waals surface area (Å²) in [6.45, 7) is 6.25. The molecule has 2 fully saturated rings. The van der Waals surface area contributed by atoms with Crippen molar-refractivity contribution >= 4 is 41.4 Å². The number of benzene rings is 2. The number of halogens is 6. The molecule has 2 aromatic carbocycles. The van der Waals surface area contributed by atoms with Gasteiger partial charge in [-0.2, -0.15) is 5.10 Å². The molecule has 1 unspecified atom stereocenters. The summed E-state index contributed by atoms with van der Waals surface area (Å²) in [4.78, 5) is 17.6. The Morgan fingerprint density at radius 1 is 1.10 bits per heavy atom. The molecule has 13 heteroatoms. The number of hydrogen-bond acceptors (Lipinski definition) is 5. The number of rotatable bonds is 7. The van der Waals surface area contributed by atoms with Gasteiger partial charge < -0.3 is 19.8 Å². The standard InChI is InChI=1S/C28H30ClF4N5O2.ClH/c1-2-35-9-11-36(12-10-35)20-6-3-18(4-7-20)22-8-5-19(29)13-24(22)37-16-21(14-28(32,33)17-37)38-25(26(30)31)23(15-34-38)27(39)40;/h3-8,13,15,21,26H,2,9-12,14,16-17H2,1H3,(H,39,40);1H. The number of carboxylic acids is 1.